The van der Waals surface area contributed by atoms with Crippen molar-refractivity contribution < 1.29 is 9.15 Å². The second kappa shape index (κ2) is 7.34. The molecule has 2 rings (SSSR count). The third-order valence-corrected chi connectivity index (χ3v) is 3.45. The fraction of sp³-hybridized carbons (Fsp3) is 0.400. The van der Waals surface area contributed by atoms with Gasteiger partial charge in [-0.15, -0.1) is 0 Å². The molecule has 0 aliphatic rings. The van der Waals surface area contributed by atoms with Crippen molar-refractivity contribution in [1.29, 1.82) is 0 Å². The Balaban J connectivity index is 1.88. The van der Waals surface area contributed by atoms with Crippen molar-refractivity contribution in [3.8, 4) is 5.75 Å². The lowest BCUT2D eigenvalue weighted by Gasteiger charge is -2.06. The smallest absolute Gasteiger partial charge is 0.336 e. The van der Waals surface area contributed by atoms with Crippen LogP contribution in [0, 0.1) is 0 Å². The van der Waals surface area contributed by atoms with Crippen molar-refractivity contribution in [2.45, 2.75) is 25.7 Å². The van der Waals surface area contributed by atoms with Crippen molar-refractivity contribution in [1.82, 2.24) is 0 Å². The van der Waals surface area contributed by atoms with Gasteiger partial charge < -0.3 is 9.15 Å². The van der Waals surface area contributed by atoms with Crippen LogP contribution in [0.2, 0.25) is 0 Å². The Hall–Kier alpha value is -1.29. The Morgan fingerprint density at radius 3 is 2.68 bits per heavy atom. The number of alkyl halides is 1. The molecule has 0 fully saturated rings. The van der Waals surface area contributed by atoms with Crippen LogP contribution in [-0.2, 0) is 0 Å². The minimum absolute atomic E-state index is 0.334. The predicted octanol–water partition coefficient (Wildman–Crippen LogP) is 4.13. The zero-order valence-electron chi connectivity index (χ0n) is 10.7. The highest BCUT2D eigenvalue weighted by atomic mass is 79.9. The Kier molecular flexibility index (Phi) is 5.45. The molecule has 3 nitrogen and oxygen atoms in total. The monoisotopic (exact) mass is 324 g/mol. The summed E-state index contributed by atoms with van der Waals surface area (Å²) in [6.07, 6.45) is 4.65. The van der Waals surface area contributed by atoms with Gasteiger partial charge in [0, 0.05) is 22.8 Å². The van der Waals surface area contributed by atoms with Crippen molar-refractivity contribution >= 4 is 26.9 Å². The number of unbranched alkanes of at least 4 members (excludes halogenated alkanes) is 3. The Morgan fingerprint density at radius 2 is 1.84 bits per heavy atom. The number of rotatable bonds is 7. The number of hydrogen-bond donors (Lipinski definition) is 0. The molecular formula is C15H17BrO3. The lowest BCUT2D eigenvalue weighted by atomic mass is 10.2. The first-order valence-electron chi connectivity index (χ1n) is 6.52. The van der Waals surface area contributed by atoms with Crippen molar-refractivity contribution in [2.75, 3.05) is 11.9 Å². The second-order valence-corrected chi connectivity index (χ2v) is 5.20. The van der Waals surface area contributed by atoms with E-state index in [1.54, 1.807) is 12.1 Å². The summed E-state index contributed by atoms with van der Waals surface area (Å²) in [5, 5.41) is 1.97. The summed E-state index contributed by atoms with van der Waals surface area (Å²) in [7, 11) is 0. The van der Waals surface area contributed by atoms with Gasteiger partial charge in [-0.25, -0.2) is 4.79 Å². The van der Waals surface area contributed by atoms with Crippen molar-refractivity contribution in [2.24, 2.45) is 0 Å². The van der Waals surface area contributed by atoms with Gasteiger partial charge in [0.05, 0.1) is 6.61 Å². The third kappa shape index (κ3) is 4.39. The van der Waals surface area contributed by atoms with E-state index in [1.807, 2.05) is 12.1 Å². The van der Waals surface area contributed by atoms with Crippen LogP contribution in [0.15, 0.2) is 39.5 Å². The van der Waals surface area contributed by atoms with Crippen LogP contribution in [-0.4, -0.2) is 11.9 Å². The summed E-state index contributed by atoms with van der Waals surface area (Å²) in [6, 6.07) is 8.76. The molecular weight excluding hydrogens is 308 g/mol. The van der Waals surface area contributed by atoms with Gasteiger partial charge in [0.2, 0.25) is 0 Å². The molecule has 0 unspecified atom stereocenters. The molecule has 0 saturated heterocycles. The molecule has 19 heavy (non-hydrogen) atoms. The third-order valence-electron chi connectivity index (χ3n) is 2.89. The summed E-state index contributed by atoms with van der Waals surface area (Å²) in [5.41, 5.74) is 0.240. The number of fused-ring (bicyclic) bond motifs is 1. The number of halogens is 1. The molecule has 102 valence electrons. The van der Waals surface area contributed by atoms with E-state index in [0.717, 1.165) is 22.9 Å². The molecule has 0 aliphatic heterocycles. The topological polar surface area (TPSA) is 39.4 Å². The molecule has 2 aromatic rings. The molecule has 0 spiro atoms. The van der Waals surface area contributed by atoms with E-state index in [1.165, 1.54) is 25.3 Å². The van der Waals surface area contributed by atoms with Crippen molar-refractivity contribution in [3.05, 3.63) is 40.8 Å². The van der Waals surface area contributed by atoms with Crippen LogP contribution in [0.5, 0.6) is 5.75 Å². The second-order valence-electron chi connectivity index (χ2n) is 4.41. The number of benzene rings is 1. The van der Waals surface area contributed by atoms with Gasteiger partial charge in [-0.1, -0.05) is 28.8 Å². The maximum absolute atomic E-state index is 11.1. The van der Waals surface area contributed by atoms with Crippen LogP contribution in [0.3, 0.4) is 0 Å². The first-order valence-corrected chi connectivity index (χ1v) is 7.64. The lowest BCUT2D eigenvalue weighted by molar-refractivity contribution is 0.305. The Labute approximate surface area is 120 Å². The maximum atomic E-state index is 11.1. The quantitative estimate of drug-likeness (QED) is 0.437. The van der Waals surface area contributed by atoms with Gasteiger partial charge in [-0.3, -0.25) is 0 Å². The van der Waals surface area contributed by atoms with E-state index in [2.05, 4.69) is 15.9 Å². The molecule has 0 bridgehead atoms. The highest BCUT2D eigenvalue weighted by Gasteiger charge is 2.00. The Bertz CT molecular complexity index is 577. The van der Waals surface area contributed by atoms with Crippen LogP contribution < -0.4 is 10.4 Å². The predicted molar refractivity (Wildman–Crippen MR) is 80.2 cm³/mol. The van der Waals surface area contributed by atoms with Gasteiger partial charge in [0.25, 0.3) is 0 Å². The van der Waals surface area contributed by atoms with E-state index < -0.39 is 0 Å². The molecule has 0 saturated carbocycles. The van der Waals surface area contributed by atoms with Gasteiger partial charge >= 0.3 is 5.63 Å². The summed E-state index contributed by atoms with van der Waals surface area (Å²) in [6.45, 7) is 0.699. The van der Waals surface area contributed by atoms with E-state index in [-0.39, 0.29) is 5.63 Å². The lowest BCUT2D eigenvalue weighted by Crippen LogP contribution is -1.98. The fourth-order valence-corrected chi connectivity index (χ4v) is 2.27. The first-order chi connectivity index (χ1) is 9.29. The van der Waals surface area contributed by atoms with Crippen molar-refractivity contribution in [3.63, 3.8) is 0 Å². The standard InChI is InChI=1S/C15H17BrO3/c16-9-3-1-2-4-10-18-13-7-5-12-6-8-15(17)19-14(12)11-13/h5-8,11H,1-4,9-10H2. The van der Waals surface area contributed by atoms with E-state index in [0.29, 0.717) is 12.2 Å². The normalized spacial score (nSPS) is 10.8. The van der Waals surface area contributed by atoms with E-state index in [9.17, 15) is 4.79 Å². The number of ether oxygens (including phenoxy) is 1. The zero-order valence-corrected chi connectivity index (χ0v) is 12.3. The highest BCUT2D eigenvalue weighted by molar-refractivity contribution is 9.09. The maximum Gasteiger partial charge on any atom is 0.336 e. The molecule has 0 amide bonds. The van der Waals surface area contributed by atoms with E-state index >= 15 is 0 Å². The molecule has 0 atom stereocenters. The average molecular weight is 325 g/mol. The van der Waals surface area contributed by atoms with Gasteiger partial charge in [0.15, 0.2) is 0 Å². The summed E-state index contributed by atoms with van der Waals surface area (Å²) in [5.74, 6) is 0.752. The van der Waals surface area contributed by atoms with Gasteiger partial charge in [-0.05, 0) is 31.0 Å². The average Bonchev–Trinajstić information content (AvgIpc) is 2.42. The molecule has 4 heteroatoms. The molecule has 1 aromatic carbocycles. The number of hydrogen-bond acceptors (Lipinski definition) is 3. The van der Waals surface area contributed by atoms with E-state index in [4.69, 9.17) is 9.15 Å². The summed E-state index contributed by atoms with van der Waals surface area (Å²) >= 11 is 3.42. The minimum atomic E-state index is -0.334. The Morgan fingerprint density at radius 1 is 1.05 bits per heavy atom. The van der Waals surface area contributed by atoms with Gasteiger partial charge in [0.1, 0.15) is 11.3 Å². The molecule has 0 radical (unpaired) electrons. The molecule has 1 aromatic heterocycles. The largest absolute Gasteiger partial charge is 0.493 e. The zero-order chi connectivity index (χ0) is 13.5. The summed E-state index contributed by atoms with van der Waals surface area (Å²) in [4.78, 5) is 11.1. The molecule has 0 aliphatic carbocycles. The van der Waals surface area contributed by atoms with Crippen LogP contribution in [0.4, 0.5) is 0 Å². The molecule has 0 N–H and O–H groups in total. The molecule has 1 heterocycles. The summed E-state index contributed by atoms with van der Waals surface area (Å²) < 4.78 is 10.8. The minimum Gasteiger partial charge on any atom is -0.493 e. The van der Waals surface area contributed by atoms with Crippen LogP contribution >= 0.6 is 15.9 Å². The van der Waals surface area contributed by atoms with Crippen LogP contribution in [0.1, 0.15) is 25.7 Å². The first kappa shape index (κ1) is 14.1. The van der Waals surface area contributed by atoms with Crippen LogP contribution in [0.25, 0.3) is 11.0 Å². The fourth-order valence-electron chi connectivity index (χ4n) is 1.87. The SMILES string of the molecule is O=c1ccc2ccc(OCCCCCCBr)cc2o1. The van der Waals surface area contributed by atoms with Gasteiger partial charge in [-0.2, -0.15) is 0 Å². The highest BCUT2D eigenvalue weighted by Crippen LogP contribution is 2.19.